The van der Waals surface area contributed by atoms with Crippen molar-refractivity contribution in [2.75, 3.05) is 25.1 Å². The second-order valence-electron chi connectivity index (χ2n) is 9.46. The molecule has 6 atom stereocenters. The minimum absolute atomic E-state index is 0.0264. The molecule has 9 heteroatoms. The van der Waals surface area contributed by atoms with Crippen molar-refractivity contribution in [3.63, 3.8) is 0 Å². The van der Waals surface area contributed by atoms with E-state index in [1.807, 2.05) is 20.8 Å². The highest BCUT2D eigenvalue weighted by Crippen LogP contribution is 2.58. The lowest BCUT2D eigenvalue weighted by molar-refractivity contribution is -0.142. The largest absolute Gasteiger partial charge is 0.494 e. The van der Waals surface area contributed by atoms with Crippen LogP contribution in [0.4, 0.5) is 5.69 Å². The molecule has 1 aromatic rings. The van der Waals surface area contributed by atoms with Crippen molar-refractivity contribution < 1.29 is 29.0 Å². The van der Waals surface area contributed by atoms with Crippen molar-refractivity contribution in [3.8, 4) is 5.75 Å². The van der Waals surface area contributed by atoms with Crippen molar-refractivity contribution >= 4 is 23.4 Å². The van der Waals surface area contributed by atoms with Crippen LogP contribution >= 0.6 is 0 Å². The van der Waals surface area contributed by atoms with Crippen LogP contribution in [0.5, 0.6) is 5.75 Å². The smallest absolute Gasteiger partial charge is 0.246 e. The third-order valence-electron chi connectivity index (χ3n) is 7.24. The highest BCUT2D eigenvalue weighted by atomic mass is 16.5. The molecule has 1 spiro atoms. The summed E-state index contributed by atoms with van der Waals surface area (Å²) in [6.45, 7) is 6.19. The Bertz CT molecular complexity index is 922. The van der Waals surface area contributed by atoms with Gasteiger partial charge in [0.05, 0.1) is 31.2 Å². The lowest BCUT2D eigenvalue weighted by Crippen LogP contribution is -2.56. The fourth-order valence-electron chi connectivity index (χ4n) is 5.96. The lowest BCUT2D eigenvalue weighted by atomic mass is 9.70. The third kappa shape index (κ3) is 4.15. The summed E-state index contributed by atoms with van der Waals surface area (Å²) in [5.41, 5.74) is -0.445. The van der Waals surface area contributed by atoms with Crippen molar-refractivity contribution in [2.24, 2.45) is 11.8 Å². The molecule has 3 amide bonds. The van der Waals surface area contributed by atoms with Crippen molar-refractivity contribution in [3.05, 3.63) is 24.3 Å². The zero-order valence-corrected chi connectivity index (χ0v) is 20.1. The SMILES string of the molecule is CCCC(C)NC(=O)C1N(CCO)C(=O)[C@@H]2[C@H](C(=O)Nc3ccc(OCC)cc3)[C@@H]3CCC12O3. The summed E-state index contributed by atoms with van der Waals surface area (Å²) >= 11 is 0. The Kier molecular flexibility index (Phi) is 7.14. The summed E-state index contributed by atoms with van der Waals surface area (Å²) in [6, 6.07) is 6.17. The van der Waals surface area contributed by atoms with E-state index in [1.54, 1.807) is 24.3 Å². The van der Waals surface area contributed by atoms with Crippen LogP contribution in [0.15, 0.2) is 24.3 Å². The van der Waals surface area contributed by atoms with Crippen LogP contribution in [-0.4, -0.2) is 71.3 Å². The fraction of sp³-hybridized carbons (Fsp3) is 0.640. The first kappa shape index (κ1) is 24.5. The molecule has 2 bridgehead atoms. The molecule has 9 nitrogen and oxygen atoms in total. The quantitative estimate of drug-likeness (QED) is 0.476. The first-order valence-electron chi connectivity index (χ1n) is 12.3. The van der Waals surface area contributed by atoms with Crippen molar-refractivity contribution in [1.82, 2.24) is 10.2 Å². The average molecular weight is 474 g/mol. The van der Waals surface area contributed by atoms with Gasteiger partial charge in [0.1, 0.15) is 17.4 Å². The van der Waals surface area contributed by atoms with E-state index in [1.165, 1.54) is 4.90 Å². The summed E-state index contributed by atoms with van der Waals surface area (Å²) in [7, 11) is 0. The number of aliphatic hydroxyl groups is 1. The van der Waals surface area contributed by atoms with Crippen molar-refractivity contribution in [2.45, 2.75) is 70.2 Å². The Morgan fingerprint density at radius 3 is 2.65 bits per heavy atom. The minimum Gasteiger partial charge on any atom is -0.494 e. The highest BCUT2D eigenvalue weighted by Gasteiger charge is 2.74. The van der Waals surface area contributed by atoms with Crippen LogP contribution in [0.2, 0.25) is 0 Å². The molecular weight excluding hydrogens is 438 g/mol. The molecule has 3 N–H and O–H groups in total. The van der Waals surface area contributed by atoms with Gasteiger partial charge in [-0.1, -0.05) is 13.3 Å². The van der Waals surface area contributed by atoms with Gasteiger partial charge in [-0.15, -0.1) is 0 Å². The van der Waals surface area contributed by atoms with Crippen LogP contribution < -0.4 is 15.4 Å². The van der Waals surface area contributed by atoms with Gasteiger partial charge in [0.25, 0.3) is 0 Å². The lowest BCUT2D eigenvalue weighted by Gasteiger charge is -2.34. The number of β-amino-alcohol motifs (C(OH)–C–C–N with tert-alkyl or cyclic N) is 1. The second kappa shape index (κ2) is 9.92. The number of benzene rings is 1. The molecular formula is C25H35N3O6. The standard InChI is InChI=1S/C25H35N3O6/c1-4-6-15(3)26-23(31)21-25-12-11-18(34-25)19(20(25)24(32)28(21)13-14-29)22(30)27-16-7-9-17(10-8-16)33-5-2/h7-10,15,18-21,29H,4-6,11-14H2,1-3H3,(H,26,31)(H,27,30)/t15?,18-,19+,20-,21?,25?/m0/s1. The number of hydrogen-bond donors (Lipinski definition) is 3. The van der Waals surface area contributed by atoms with Gasteiger partial charge in [-0.05, 0) is 57.4 Å². The number of anilines is 1. The number of carbonyl (C=O) groups is 3. The Morgan fingerprint density at radius 2 is 2.00 bits per heavy atom. The number of carbonyl (C=O) groups excluding carboxylic acids is 3. The molecule has 3 heterocycles. The van der Waals surface area contributed by atoms with Crippen molar-refractivity contribution in [1.29, 1.82) is 0 Å². The van der Waals surface area contributed by atoms with Crippen LogP contribution in [0.25, 0.3) is 0 Å². The van der Waals surface area contributed by atoms with E-state index in [2.05, 4.69) is 10.6 Å². The number of nitrogens with zero attached hydrogens (tertiary/aromatic N) is 1. The molecule has 4 rings (SSSR count). The molecule has 186 valence electrons. The average Bonchev–Trinajstić information content (AvgIpc) is 3.43. The number of amides is 3. The first-order valence-corrected chi connectivity index (χ1v) is 12.3. The Balaban J connectivity index is 1.57. The Labute approximate surface area is 200 Å². The van der Waals surface area contributed by atoms with Gasteiger partial charge in [-0.2, -0.15) is 0 Å². The molecule has 3 unspecified atom stereocenters. The molecule has 0 saturated carbocycles. The summed E-state index contributed by atoms with van der Waals surface area (Å²) in [6.07, 6.45) is 2.46. The fourth-order valence-corrected chi connectivity index (χ4v) is 5.96. The molecule has 34 heavy (non-hydrogen) atoms. The van der Waals surface area contributed by atoms with E-state index in [9.17, 15) is 19.5 Å². The van der Waals surface area contributed by atoms with E-state index in [0.717, 1.165) is 12.8 Å². The molecule has 0 aliphatic carbocycles. The van der Waals surface area contributed by atoms with Gasteiger partial charge in [0, 0.05) is 18.3 Å². The maximum atomic E-state index is 13.5. The van der Waals surface area contributed by atoms with Crippen LogP contribution in [0, 0.1) is 11.8 Å². The first-order chi connectivity index (χ1) is 16.4. The van der Waals surface area contributed by atoms with E-state index >= 15 is 0 Å². The number of nitrogens with one attached hydrogen (secondary N) is 2. The predicted octanol–water partition coefficient (Wildman–Crippen LogP) is 1.70. The maximum absolute atomic E-state index is 13.5. The maximum Gasteiger partial charge on any atom is 0.246 e. The predicted molar refractivity (Wildman–Crippen MR) is 125 cm³/mol. The Hall–Kier alpha value is -2.65. The van der Waals surface area contributed by atoms with Crippen LogP contribution in [0.3, 0.4) is 0 Å². The van der Waals surface area contributed by atoms with E-state index in [4.69, 9.17) is 9.47 Å². The normalized spacial score (nSPS) is 30.2. The summed E-state index contributed by atoms with van der Waals surface area (Å²) in [4.78, 5) is 41.7. The highest BCUT2D eigenvalue weighted by molar-refractivity contribution is 6.02. The van der Waals surface area contributed by atoms with E-state index < -0.39 is 29.6 Å². The molecule has 1 aromatic carbocycles. The summed E-state index contributed by atoms with van der Waals surface area (Å²) < 4.78 is 11.8. The minimum atomic E-state index is -1.05. The summed E-state index contributed by atoms with van der Waals surface area (Å²) in [5, 5.41) is 15.5. The number of rotatable bonds is 10. The molecule has 3 fully saturated rings. The summed E-state index contributed by atoms with van der Waals surface area (Å²) in [5.74, 6) is -1.61. The number of fused-ring (bicyclic) bond motifs is 1. The van der Waals surface area contributed by atoms with Gasteiger partial charge in [0.15, 0.2) is 0 Å². The topological polar surface area (TPSA) is 117 Å². The number of likely N-dealkylation sites (tertiary alicyclic amines) is 1. The second-order valence-corrected chi connectivity index (χ2v) is 9.46. The van der Waals surface area contributed by atoms with Gasteiger partial charge in [0.2, 0.25) is 17.7 Å². The number of aliphatic hydroxyl groups excluding tert-OH is 1. The Morgan fingerprint density at radius 1 is 1.26 bits per heavy atom. The van der Waals surface area contributed by atoms with Gasteiger partial charge < -0.3 is 30.1 Å². The molecule has 0 aromatic heterocycles. The zero-order chi connectivity index (χ0) is 24.5. The molecule has 3 saturated heterocycles. The van der Waals surface area contributed by atoms with E-state index in [0.29, 0.717) is 30.9 Å². The van der Waals surface area contributed by atoms with E-state index in [-0.39, 0.29) is 36.9 Å². The zero-order valence-electron chi connectivity index (χ0n) is 20.1. The van der Waals surface area contributed by atoms with Gasteiger partial charge >= 0.3 is 0 Å². The monoisotopic (exact) mass is 473 g/mol. The number of ether oxygens (including phenoxy) is 2. The van der Waals surface area contributed by atoms with Crippen LogP contribution in [0.1, 0.15) is 46.5 Å². The molecule has 3 aliphatic rings. The number of hydrogen-bond acceptors (Lipinski definition) is 6. The third-order valence-corrected chi connectivity index (χ3v) is 7.24. The van der Waals surface area contributed by atoms with Gasteiger partial charge in [-0.25, -0.2) is 0 Å². The molecule has 0 radical (unpaired) electrons. The molecule has 3 aliphatic heterocycles. The van der Waals surface area contributed by atoms with Gasteiger partial charge in [-0.3, -0.25) is 14.4 Å². The van der Waals surface area contributed by atoms with Crippen LogP contribution in [-0.2, 0) is 19.1 Å².